The molecule has 0 aliphatic carbocycles. The SMILES string of the molecule is CCN(CC)CCOC(=O)c1ccc(N=Cc2c[nH]c3ccccc23)cc1. The molecular formula is C22H25N3O2. The Bertz CT molecular complexity index is 909. The minimum absolute atomic E-state index is 0.297. The number of carbonyl (C=O) groups excluding carboxylic acids is 1. The Morgan fingerprint density at radius 1 is 1.11 bits per heavy atom. The van der Waals surface area contributed by atoms with Crippen molar-refractivity contribution >= 4 is 28.8 Å². The summed E-state index contributed by atoms with van der Waals surface area (Å²) < 4.78 is 5.35. The van der Waals surface area contributed by atoms with Crippen LogP contribution in [0.1, 0.15) is 29.8 Å². The summed E-state index contributed by atoms with van der Waals surface area (Å²) in [6.45, 7) is 7.27. The number of aromatic nitrogens is 1. The van der Waals surface area contributed by atoms with Crippen LogP contribution in [0, 0.1) is 0 Å². The van der Waals surface area contributed by atoms with Gasteiger partial charge in [-0.3, -0.25) is 4.99 Å². The largest absolute Gasteiger partial charge is 0.461 e. The van der Waals surface area contributed by atoms with Crippen molar-refractivity contribution in [1.82, 2.24) is 9.88 Å². The van der Waals surface area contributed by atoms with Crippen LogP contribution in [0.3, 0.4) is 0 Å². The number of esters is 1. The summed E-state index contributed by atoms with van der Waals surface area (Å²) >= 11 is 0. The van der Waals surface area contributed by atoms with Gasteiger partial charge in [0.2, 0.25) is 0 Å². The highest BCUT2D eigenvalue weighted by Gasteiger charge is 2.08. The highest BCUT2D eigenvalue weighted by molar-refractivity contribution is 5.99. The third kappa shape index (κ3) is 4.83. The van der Waals surface area contributed by atoms with E-state index >= 15 is 0 Å². The molecule has 0 amide bonds. The van der Waals surface area contributed by atoms with Gasteiger partial charge >= 0.3 is 5.97 Å². The first kappa shape index (κ1) is 18.9. The van der Waals surface area contributed by atoms with Gasteiger partial charge in [0.25, 0.3) is 0 Å². The number of fused-ring (bicyclic) bond motifs is 1. The van der Waals surface area contributed by atoms with Gasteiger partial charge in [-0.15, -0.1) is 0 Å². The molecule has 1 heterocycles. The molecule has 0 spiro atoms. The number of nitrogens with zero attached hydrogens (tertiary/aromatic N) is 2. The molecule has 0 aliphatic rings. The lowest BCUT2D eigenvalue weighted by Gasteiger charge is -2.17. The van der Waals surface area contributed by atoms with E-state index in [1.54, 1.807) is 12.1 Å². The smallest absolute Gasteiger partial charge is 0.338 e. The van der Waals surface area contributed by atoms with Crippen molar-refractivity contribution in [3.63, 3.8) is 0 Å². The van der Waals surface area contributed by atoms with Crippen LogP contribution in [0.4, 0.5) is 5.69 Å². The summed E-state index contributed by atoms with van der Waals surface area (Å²) in [5.74, 6) is -0.297. The van der Waals surface area contributed by atoms with Crippen molar-refractivity contribution in [2.75, 3.05) is 26.2 Å². The van der Waals surface area contributed by atoms with Gasteiger partial charge in [-0.25, -0.2) is 4.79 Å². The van der Waals surface area contributed by atoms with Crippen molar-refractivity contribution in [3.05, 3.63) is 65.9 Å². The fourth-order valence-corrected chi connectivity index (χ4v) is 2.92. The number of aliphatic imine (C=N–C) groups is 1. The number of carbonyl (C=O) groups is 1. The zero-order valence-electron chi connectivity index (χ0n) is 15.8. The second-order valence-corrected chi connectivity index (χ2v) is 6.26. The first-order valence-electron chi connectivity index (χ1n) is 9.31. The Hall–Kier alpha value is -2.92. The van der Waals surface area contributed by atoms with Crippen LogP contribution >= 0.6 is 0 Å². The van der Waals surface area contributed by atoms with E-state index in [1.165, 1.54) is 0 Å². The molecule has 5 nitrogen and oxygen atoms in total. The quantitative estimate of drug-likeness (QED) is 0.476. The van der Waals surface area contributed by atoms with Gasteiger partial charge in [0, 0.05) is 35.4 Å². The maximum Gasteiger partial charge on any atom is 0.338 e. The predicted molar refractivity (Wildman–Crippen MR) is 110 cm³/mol. The monoisotopic (exact) mass is 363 g/mol. The summed E-state index contributed by atoms with van der Waals surface area (Å²) in [7, 11) is 0. The van der Waals surface area contributed by atoms with E-state index < -0.39 is 0 Å². The van der Waals surface area contributed by atoms with Gasteiger partial charge in [-0.05, 0) is 43.4 Å². The number of aromatic amines is 1. The molecule has 27 heavy (non-hydrogen) atoms. The molecule has 0 saturated heterocycles. The number of rotatable bonds is 8. The maximum absolute atomic E-state index is 12.1. The number of hydrogen-bond acceptors (Lipinski definition) is 4. The van der Waals surface area contributed by atoms with Gasteiger partial charge in [0.05, 0.1) is 11.3 Å². The van der Waals surface area contributed by atoms with E-state index in [0.29, 0.717) is 12.2 Å². The molecule has 2 aromatic carbocycles. The minimum Gasteiger partial charge on any atom is -0.461 e. The van der Waals surface area contributed by atoms with Crippen LogP contribution in [0.15, 0.2) is 59.7 Å². The van der Waals surface area contributed by atoms with Crippen molar-refractivity contribution < 1.29 is 9.53 Å². The van der Waals surface area contributed by atoms with Crippen LogP contribution < -0.4 is 0 Å². The van der Waals surface area contributed by atoms with Crippen LogP contribution in [0.25, 0.3) is 10.9 Å². The number of para-hydroxylation sites is 1. The van der Waals surface area contributed by atoms with E-state index in [2.05, 4.69) is 34.8 Å². The molecule has 0 saturated carbocycles. The summed E-state index contributed by atoms with van der Waals surface area (Å²) in [5.41, 5.74) is 3.45. The molecule has 3 rings (SSSR count). The van der Waals surface area contributed by atoms with Crippen LogP contribution in [-0.2, 0) is 4.74 Å². The van der Waals surface area contributed by atoms with Crippen molar-refractivity contribution in [2.24, 2.45) is 4.99 Å². The highest BCUT2D eigenvalue weighted by Crippen LogP contribution is 2.18. The van der Waals surface area contributed by atoms with Crippen molar-refractivity contribution in [1.29, 1.82) is 0 Å². The lowest BCUT2D eigenvalue weighted by Crippen LogP contribution is -2.27. The molecule has 0 bridgehead atoms. The number of benzene rings is 2. The lowest BCUT2D eigenvalue weighted by molar-refractivity contribution is 0.0466. The first-order chi connectivity index (χ1) is 13.2. The first-order valence-corrected chi connectivity index (χ1v) is 9.31. The molecule has 140 valence electrons. The number of nitrogens with one attached hydrogen (secondary N) is 1. The summed E-state index contributed by atoms with van der Waals surface area (Å²) in [6, 6.07) is 15.3. The van der Waals surface area contributed by atoms with Crippen molar-refractivity contribution in [2.45, 2.75) is 13.8 Å². The third-order valence-electron chi connectivity index (χ3n) is 4.61. The fourth-order valence-electron chi connectivity index (χ4n) is 2.92. The standard InChI is InChI=1S/C22H25N3O2/c1-3-25(4-2)13-14-27-22(26)17-9-11-19(12-10-17)23-15-18-16-24-21-8-6-5-7-20(18)21/h5-12,15-16,24H,3-4,13-14H2,1-2H3. The Morgan fingerprint density at radius 3 is 2.59 bits per heavy atom. The number of hydrogen-bond donors (Lipinski definition) is 1. The molecular weight excluding hydrogens is 338 g/mol. The molecule has 0 radical (unpaired) electrons. The topological polar surface area (TPSA) is 57.7 Å². The molecule has 1 aromatic heterocycles. The van der Waals surface area contributed by atoms with E-state index in [4.69, 9.17) is 4.74 Å². The fraction of sp³-hybridized carbons (Fsp3) is 0.273. The molecule has 3 aromatic rings. The van der Waals surface area contributed by atoms with Crippen molar-refractivity contribution in [3.8, 4) is 0 Å². The van der Waals surface area contributed by atoms with E-state index in [9.17, 15) is 4.79 Å². The normalized spacial score (nSPS) is 11.5. The average molecular weight is 363 g/mol. The Morgan fingerprint density at radius 2 is 1.85 bits per heavy atom. The number of likely N-dealkylation sites (N-methyl/N-ethyl adjacent to an activating group) is 1. The van der Waals surface area contributed by atoms with Gasteiger partial charge in [-0.2, -0.15) is 0 Å². The maximum atomic E-state index is 12.1. The van der Waals surface area contributed by atoms with E-state index in [0.717, 1.165) is 41.8 Å². The van der Waals surface area contributed by atoms with Crippen LogP contribution in [-0.4, -0.2) is 48.3 Å². The van der Waals surface area contributed by atoms with Gasteiger partial charge in [0.1, 0.15) is 6.61 Å². The summed E-state index contributed by atoms with van der Waals surface area (Å²) in [4.78, 5) is 22.1. The predicted octanol–water partition coefficient (Wildman–Crippen LogP) is 4.42. The Labute approximate surface area is 159 Å². The van der Waals surface area contributed by atoms with E-state index in [1.807, 2.05) is 42.7 Å². The Balaban J connectivity index is 1.59. The molecule has 0 unspecified atom stereocenters. The minimum atomic E-state index is -0.297. The molecule has 1 N–H and O–H groups in total. The van der Waals surface area contributed by atoms with E-state index in [-0.39, 0.29) is 5.97 Å². The lowest BCUT2D eigenvalue weighted by atomic mass is 10.2. The second kappa shape index (κ2) is 9.14. The van der Waals surface area contributed by atoms with Crippen LogP contribution in [0.5, 0.6) is 0 Å². The third-order valence-corrected chi connectivity index (χ3v) is 4.61. The van der Waals surface area contributed by atoms with Gasteiger partial charge < -0.3 is 14.6 Å². The van der Waals surface area contributed by atoms with Crippen LogP contribution in [0.2, 0.25) is 0 Å². The number of H-pyrrole nitrogens is 1. The zero-order valence-corrected chi connectivity index (χ0v) is 15.8. The highest BCUT2D eigenvalue weighted by atomic mass is 16.5. The number of ether oxygens (including phenoxy) is 1. The summed E-state index contributed by atoms with van der Waals surface area (Å²) in [6.07, 6.45) is 3.77. The average Bonchev–Trinajstić information content (AvgIpc) is 3.13. The van der Waals surface area contributed by atoms with Gasteiger partial charge in [-0.1, -0.05) is 32.0 Å². The molecule has 0 aliphatic heterocycles. The molecule has 0 fully saturated rings. The zero-order chi connectivity index (χ0) is 19.1. The Kier molecular flexibility index (Phi) is 6.39. The second-order valence-electron chi connectivity index (χ2n) is 6.26. The van der Waals surface area contributed by atoms with Gasteiger partial charge in [0.15, 0.2) is 0 Å². The molecule has 0 atom stereocenters. The summed E-state index contributed by atoms with van der Waals surface area (Å²) in [5, 5.41) is 1.13. The molecule has 5 heteroatoms.